The third-order valence-electron chi connectivity index (χ3n) is 4.35. The fourth-order valence-corrected chi connectivity index (χ4v) is 2.89. The molecule has 0 saturated carbocycles. The predicted molar refractivity (Wildman–Crippen MR) is 86.5 cm³/mol. The first-order valence-corrected chi connectivity index (χ1v) is 8.09. The fraction of sp³-hybridized carbons (Fsp3) is 0.412. The van der Waals surface area contributed by atoms with E-state index in [-0.39, 0.29) is 11.9 Å². The number of amides is 1. The van der Waals surface area contributed by atoms with Crippen molar-refractivity contribution in [3.8, 4) is 5.69 Å². The zero-order valence-corrected chi connectivity index (χ0v) is 13.7. The Balaban J connectivity index is 1.77. The Morgan fingerprint density at radius 2 is 2.16 bits per heavy atom. The molecule has 1 fully saturated rings. The first kappa shape index (κ1) is 17.5. The van der Waals surface area contributed by atoms with E-state index in [1.165, 1.54) is 12.3 Å². The molecule has 2 aromatic rings. The lowest BCUT2D eigenvalue weighted by Crippen LogP contribution is -2.48. The zero-order valence-electron chi connectivity index (χ0n) is 13.7. The predicted octanol–water partition coefficient (Wildman–Crippen LogP) is 2.62. The molecule has 3 rings (SSSR count). The highest BCUT2D eigenvalue weighted by Gasteiger charge is 2.33. The lowest BCUT2D eigenvalue weighted by atomic mass is 9.95. The number of carbonyl (C=O) groups excluding carboxylic acids is 1. The monoisotopic (exact) mass is 352 g/mol. The average molecular weight is 352 g/mol. The second-order valence-electron chi connectivity index (χ2n) is 6.24. The quantitative estimate of drug-likeness (QED) is 0.893. The summed E-state index contributed by atoms with van der Waals surface area (Å²) in [5.41, 5.74) is -0.167. The van der Waals surface area contributed by atoms with Crippen molar-refractivity contribution >= 4 is 5.91 Å². The van der Waals surface area contributed by atoms with Gasteiger partial charge in [-0.1, -0.05) is 13.0 Å². The molecule has 0 aliphatic carbocycles. The van der Waals surface area contributed by atoms with Gasteiger partial charge in [-0.05, 0) is 49.7 Å². The van der Waals surface area contributed by atoms with Gasteiger partial charge in [0.2, 0.25) is 0 Å². The van der Waals surface area contributed by atoms with Crippen molar-refractivity contribution in [2.75, 3.05) is 13.1 Å². The zero-order chi connectivity index (χ0) is 18.0. The molecule has 2 unspecified atom stereocenters. The Morgan fingerprint density at radius 3 is 2.84 bits per heavy atom. The van der Waals surface area contributed by atoms with Crippen molar-refractivity contribution in [1.29, 1.82) is 0 Å². The molecule has 0 bridgehead atoms. The number of aromatic nitrogens is 2. The molecule has 1 aliphatic heterocycles. The van der Waals surface area contributed by atoms with E-state index < -0.39 is 11.9 Å². The van der Waals surface area contributed by atoms with Crippen LogP contribution in [0.2, 0.25) is 0 Å². The van der Waals surface area contributed by atoms with Crippen molar-refractivity contribution in [2.45, 2.75) is 25.6 Å². The van der Waals surface area contributed by atoms with Gasteiger partial charge in [0.15, 0.2) is 5.69 Å². The maximum Gasteiger partial charge on any atom is 0.435 e. The molecular weight excluding hydrogens is 333 g/mol. The van der Waals surface area contributed by atoms with Crippen molar-refractivity contribution in [3.05, 3.63) is 47.8 Å². The number of halogens is 3. The molecule has 1 amide bonds. The number of nitrogens with one attached hydrogen (secondary N) is 2. The molecule has 134 valence electrons. The second kappa shape index (κ2) is 6.87. The van der Waals surface area contributed by atoms with Crippen molar-refractivity contribution in [1.82, 2.24) is 20.4 Å². The topological polar surface area (TPSA) is 58.9 Å². The molecule has 1 aromatic carbocycles. The van der Waals surface area contributed by atoms with E-state index >= 15 is 0 Å². The Labute approximate surface area is 143 Å². The number of alkyl halides is 3. The van der Waals surface area contributed by atoms with Crippen LogP contribution in [0.3, 0.4) is 0 Å². The summed E-state index contributed by atoms with van der Waals surface area (Å²) >= 11 is 0. The lowest BCUT2D eigenvalue weighted by Gasteiger charge is -2.30. The van der Waals surface area contributed by atoms with Crippen LogP contribution in [-0.2, 0) is 6.18 Å². The molecule has 0 spiro atoms. The van der Waals surface area contributed by atoms with Crippen molar-refractivity contribution < 1.29 is 18.0 Å². The first-order chi connectivity index (χ1) is 11.8. The SMILES string of the molecule is CC1CNCCC1NC(=O)c1cccc(-n2ccc(C(F)(F)F)n2)c1. The van der Waals surface area contributed by atoms with Crippen LogP contribution in [-0.4, -0.2) is 34.8 Å². The van der Waals surface area contributed by atoms with Gasteiger partial charge in [-0.25, -0.2) is 4.68 Å². The molecule has 1 aliphatic rings. The standard InChI is InChI=1S/C17H19F3N4O/c1-11-10-21-7-5-14(11)22-16(25)12-3-2-4-13(9-12)24-8-6-15(23-24)17(18,19)20/h2-4,6,8-9,11,14,21H,5,7,10H2,1H3,(H,22,25). The fourth-order valence-electron chi connectivity index (χ4n) is 2.89. The van der Waals surface area contributed by atoms with E-state index in [1.807, 2.05) is 0 Å². The minimum absolute atomic E-state index is 0.0824. The molecule has 25 heavy (non-hydrogen) atoms. The van der Waals surface area contributed by atoms with Gasteiger partial charge >= 0.3 is 6.18 Å². The molecule has 1 aromatic heterocycles. The van der Waals surface area contributed by atoms with E-state index in [0.717, 1.165) is 30.3 Å². The first-order valence-electron chi connectivity index (χ1n) is 8.09. The van der Waals surface area contributed by atoms with E-state index in [1.54, 1.807) is 18.2 Å². The van der Waals surface area contributed by atoms with Crippen LogP contribution in [0, 0.1) is 5.92 Å². The molecule has 5 nitrogen and oxygen atoms in total. The van der Waals surface area contributed by atoms with Gasteiger partial charge in [-0.3, -0.25) is 4.79 Å². The number of piperidine rings is 1. The summed E-state index contributed by atoms with van der Waals surface area (Å²) in [6.45, 7) is 3.76. The number of hydrogen-bond acceptors (Lipinski definition) is 3. The van der Waals surface area contributed by atoms with Crippen LogP contribution in [0.25, 0.3) is 5.69 Å². The lowest BCUT2D eigenvalue weighted by molar-refractivity contribution is -0.141. The van der Waals surface area contributed by atoms with E-state index in [9.17, 15) is 18.0 Å². The van der Waals surface area contributed by atoms with Crippen LogP contribution >= 0.6 is 0 Å². The van der Waals surface area contributed by atoms with Gasteiger partial charge in [0.25, 0.3) is 5.91 Å². The van der Waals surface area contributed by atoms with Crippen LogP contribution in [0.15, 0.2) is 36.5 Å². The number of rotatable bonds is 3. The van der Waals surface area contributed by atoms with Crippen LogP contribution in [0.4, 0.5) is 13.2 Å². The maximum atomic E-state index is 12.7. The van der Waals surface area contributed by atoms with Crippen molar-refractivity contribution in [2.24, 2.45) is 5.92 Å². The number of carbonyl (C=O) groups is 1. The van der Waals surface area contributed by atoms with Crippen LogP contribution in [0.1, 0.15) is 29.4 Å². The van der Waals surface area contributed by atoms with Gasteiger partial charge in [0, 0.05) is 17.8 Å². The maximum absolute atomic E-state index is 12.7. The third kappa shape index (κ3) is 4.01. The van der Waals surface area contributed by atoms with Crippen molar-refractivity contribution in [3.63, 3.8) is 0 Å². The van der Waals surface area contributed by atoms with E-state index in [0.29, 0.717) is 17.2 Å². The largest absolute Gasteiger partial charge is 0.435 e. The second-order valence-corrected chi connectivity index (χ2v) is 6.24. The summed E-state index contributed by atoms with van der Waals surface area (Å²) in [4.78, 5) is 12.5. The van der Waals surface area contributed by atoms with E-state index in [2.05, 4.69) is 22.7 Å². The summed E-state index contributed by atoms with van der Waals surface area (Å²) in [7, 11) is 0. The minimum atomic E-state index is -4.49. The van der Waals surface area contributed by atoms with Crippen LogP contribution in [0.5, 0.6) is 0 Å². The van der Waals surface area contributed by atoms with E-state index in [4.69, 9.17) is 0 Å². The van der Waals surface area contributed by atoms with Crippen LogP contribution < -0.4 is 10.6 Å². The minimum Gasteiger partial charge on any atom is -0.349 e. The molecule has 0 radical (unpaired) electrons. The number of hydrogen-bond donors (Lipinski definition) is 2. The highest BCUT2D eigenvalue weighted by Crippen LogP contribution is 2.28. The Kier molecular flexibility index (Phi) is 4.80. The smallest absolute Gasteiger partial charge is 0.349 e. The summed E-state index contributed by atoms with van der Waals surface area (Å²) in [5, 5.41) is 9.80. The normalized spacial score (nSPS) is 21.1. The molecule has 8 heteroatoms. The van der Waals surface area contributed by atoms with Gasteiger partial charge in [-0.15, -0.1) is 0 Å². The highest BCUT2D eigenvalue weighted by molar-refractivity contribution is 5.94. The summed E-state index contributed by atoms with van der Waals surface area (Å²) in [6, 6.07) is 7.40. The van der Waals surface area contributed by atoms with Gasteiger partial charge < -0.3 is 10.6 Å². The average Bonchev–Trinajstić information content (AvgIpc) is 3.07. The van der Waals surface area contributed by atoms with Gasteiger partial charge in [0.05, 0.1) is 5.69 Å². The summed E-state index contributed by atoms with van der Waals surface area (Å²) in [5.74, 6) is 0.0881. The number of benzene rings is 1. The van der Waals surface area contributed by atoms with Gasteiger partial charge in [-0.2, -0.15) is 18.3 Å². The summed E-state index contributed by atoms with van der Waals surface area (Å²) in [6.07, 6.45) is -2.42. The third-order valence-corrected chi connectivity index (χ3v) is 4.35. The molecule has 2 N–H and O–H groups in total. The van der Waals surface area contributed by atoms with Gasteiger partial charge in [0.1, 0.15) is 0 Å². The molecule has 2 atom stereocenters. The molecule has 2 heterocycles. The summed E-state index contributed by atoms with van der Waals surface area (Å²) < 4.78 is 39.1. The Hall–Kier alpha value is -2.35. The molecule has 1 saturated heterocycles. The number of nitrogens with zero attached hydrogens (tertiary/aromatic N) is 2. The Morgan fingerprint density at radius 1 is 1.36 bits per heavy atom. The highest BCUT2D eigenvalue weighted by atomic mass is 19.4. The Bertz CT molecular complexity index is 756. The molecular formula is C17H19F3N4O.